The van der Waals surface area contributed by atoms with Crippen molar-refractivity contribution in [2.45, 2.75) is 32.4 Å². The van der Waals surface area contributed by atoms with Crippen LogP contribution >= 0.6 is 11.8 Å². The van der Waals surface area contributed by atoms with Gasteiger partial charge in [0.05, 0.1) is 6.42 Å². The van der Waals surface area contributed by atoms with E-state index in [1.807, 2.05) is 13.3 Å². The average Bonchev–Trinajstić information content (AvgIpc) is 2.01. The third-order valence-corrected chi connectivity index (χ3v) is 2.88. The largest absolute Gasteiger partial charge is 0.481 e. The molecule has 0 heterocycles. The molecule has 0 aromatic heterocycles. The minimum absolute atomic E-state index is 0.146. The lowest BCUT2D eigenvalue weighted by atomic mass is 10.2. The predicted octanol–water partition coefficient (Wildman–Crippen LogP) is 1.53. The van der Waals surface area contributed by atoms with Crippen LogP contribution in [-0.2, 0) is 4.79 Å². The first kappa shape index (κ1) is 12.8. The van der Waals surface area contributed by atoms with E-state index < -0.39 is 5.97 Å². The van der Waals surface area contributed by atoms with Crippen LogP contribution < -0.4 is 0 Å². The molecule has 0 rings (SSSR count). The Labute approximate surface area is 84.5 Å². The van der Waals surface area contributed by atoms with Crippen molar-refractivity contribution in [1.29, 1.82) is 0 Å². The van der Waals surface area contributed by atoms with Crippen LogP contribution in [0.2, 0.25) is 0 Å². The van der Waals surface area contributed by atoms with E-state index in [1.54, 1.807) is 11.8 Å². The number of rotatable bonds is 6. The highest BCUT2D eigenvalue weighted by atomic mass is 32.2. The van der Waals surface area contributed by atoms with Gasteiger partial charge in [-0.15, -0.1) is 0 Å². The molecule has 1 atom stereocenters. The Morgan fingerprint density at radius 1 is 1.54 bits per heavy atom. The van der Waals surface area contributed by atoms with E-state index in [2.05, 4.69) is 18.7 Å². The normalized spacial score (nSPS) is 13.7. The lowest BCUT2D eigenvalue weighted by Crippen LogP contribution is -2.40. The Morgan fingerprint density at radius 2 is 2.08 bits per heavy atom. The minimum Gasteiger partial charge on any atom is -0.481 e. The van der Waals surface area contributed by atoms with Gasteiger partial charge in [0.1, 0.15) is 0 Å². The van der Waals surface area contributed by atoms with Gasteiger partial charge in [-0.1, -0.05) is 0 Å². The molecular weight excluding hydrogens is 186 g/mol. The van der Waals surface area contributed by atoms with Crippen LogP contribution in [0.1, 0.15) is 20.3 Å². The van der Waals surface area contributed by atoms with Crippen LogP contribution in [0.5, 0.6) is 0 Å². The van der Waals surface area contributed by atoms with E-state index in [4.69, 9.17) is 5.11 Å². The SMILES string of the molecule is CSCC(CC(=O)O)N(C)C(C)C. The molecule has 13 heavy (non-hydrogen) atoms. The Balaban J connectivity index is 4.14. The van der Waals surface area contributed by atoms with Crippen LogP contribution in [0.4, 0.5) is 0 Å². The number of nitrogens with zero attached hydrogens (tertiary/aromatic N) is 1. The maximum atomic E-state index is 10.6. The summed E-state index contributed by atoms with van der Waals surface area (Å²) in [4.78, 5) is 12.7. The van der Waals surface area contributed by atoms with E-state index in [1.165, 1.54) is 0 Å². The van der Waals surface area contributed by atoms with Gasteiger partial charge in [0.25, 0.3) is 0 Å². The topological polar surface area (TPSA) is 40.5 Å². The molecule has 3 nitrogen and oxygen atoms in total. The summed E-state index contributed by atoms with van der Waals surface area (Å²) in [5.74, 6) is 0.160. The number of carbonyl (C=O) groups is 1. The first-order valence-electron chi connectivity index (χ1n) is 4.41. The Hall–Kier alpha value is -0.220. The maximum Gasteiger partial charge on any atom is 0.304 e. The molecule has 0 radical (unpaired) electrons. The number of thioether (sulfide) groups is 1. The van der Waals surface area contributed by atoms with E-state index >= 15 is 0 Å². The molecule has 1 unspecified atom stereocenters. The van der Waals surface area contributed by atoms with Crippen LogP contribution in [0.3, 0.4) is 0 Å². The van der Waals surface area contributed by atoms with Gasteiger partial charge in [-0.25, -0.2) is 0 Å². The second kappa shape index (κ2) is 6.27. The summed E-state index contributed by atoms with van der Waals surface area (Å²) in [7, 11) is 1.98. The molecule has 0 aromatic carbocycles. The van der Waals surface area contributed by atoms with Crippen molar-refractivity contribution in [2.24, 2.45) is 0 Å². The van der Waals surface area contributed by atoms with Crippen molar-refractivity contribution in [1.82, 2.24) is 4.90 Å². The van der Waals surface area contributed by atoms with Crippen molar-refractivity contribution in [2.75, 3.05) is 19.1 Å². The molecule has 0 saturated heterocycles. The molecule has 0 amide bonds. The summed E-state index contributed by atoms with van der Waals surface area (Å²) >= 11 is 1.69. The smallest absolute Gasteiger partial charge is 0.304 e. The molecule has 0 aliphatic rings. The monoisotopic (exact) mass is 205 g/mol. The average molecular weight is 205 g/mol. The Bertz CT molecular complexity index is 162. The van der Waals surface area contributed by atoms with E-state index in [0.717, 1.165) is 5.75 Å². The second-order valence-electron chi connectivity index (χ2n) is 3.47. The zero-order valence-corrected chi connectivity index (χ0v) is 9.60. The molecule has 0 spiro atoms. The molecule has 0 fully saturated rings. The van der Waals surface area contributed by atoms with Gasteiger partial charge in [-0.3, -0.25) is 9.69 Å². The first-order valence-corrected chi connectivity index (χ1v) is 5.81. The number of hydrogen-bond donors (Lipinski definition) is 1. The van der Waals surface area contributed by atoms with Gasteiger partial charge in [-0.05, 0) is 27.2 Å². The van der Waals surface area contributed by atoms with Gasteiger partial charge < -0.3 is 5.11 Å². The van der Waals surface area contributed by atoms with Gasteiger partial charge in [-0.2, -0.15) is 11.8 Å². The maximum absolute atomic E-state index is 10.6. The standard InChI is InChI=1S/C9H19NO2S/c1-7(2)10(3)8(6-13-4)5-9(11)12/h7-8H,5-6H2,1-4H3,(H,11,12). The van der Waals surface area contributed by atoms with Crippen molar-refractivity contribution < 1.29 is 9.90 Å². The molecule has 78 valence electrons. The van der Waals surface area contributed by atoms with Gasteiger partial charge in [0.2, 0.25) is 0 Å². The van der Waals surface area contributed by atoms with E-state index in [-0.39, 0.29) is 12.5 Å². The highest BCUT2D eigenvalue weighted by Gasteiger charge is 2.19. The summed E-state index contributed by atoms with van der Waals surface area (Å²) in [6.45, 7) is 4.16. The molecule has 0 aromatic rings. The third-order valence-electron chi connectivity index (χ3n) is 2.16. The fourth-order valence-corrected chi connectivity index (χ4v) is 1.87. The van der Waals surface area contributed by atoms with Crippen molar-refractivity contribution >= 4 is 17.7 Å². The fourth-order valence-electron chi connectivity index (χ4n) is 1.14. The van der Waals surface area contributed by atoms with Crippen molar-refractivity contribution in [3.05, 3.63) is 0 Å². The molecule has 0 bridgehead atoms. The predicted molar refractivity (Wildman–Crippen MR) is 57.3 cm³/mol. The Kier molecular flexibility index (Phi) is 6.16. The molecular formula is C9H19NO2S. The highest BCUT2D eigenvalue weighted by molar-refractivity contribution is 7.98. The van der Waals surface area contributed by atoms with Crippen LogP contribution in [0.15, 0.2) is 0 Å². The summed E-state index contributed by atoms with van der Waals surface area (Å²) in [5.41, 5.74) is 0. The first-order chi connectivity index (χ1) is 5.99. The fraction of sp³-hybridized carbons (Fsp3) is 0.889. The second-order valence-corrected chi connectivity index (χ2v) is 4.38. The van der Waals surface area contributed by atoms with Crippen LogP contribution in [0.25, 0.3) is 0 Å². The van der Waals surface area contributed by atoms with E-state index in [9.17, 15) is 4.79 Å². The highest BCUT2D eigenvalue weighted by Crippen LogP contribution is 2.11. The number of aliphatic carboxylic acids is 1. The van der Waals surface area contributed by atoms with Gasteiger partial charge in [0, 0.05) is 17.8 Å². The zero-order valence-electron chi connectivity index (χ0n) is 8.78. The zero-order chi connectivity index (χ0) is 10.4. The summed E-state index contributed by atoms with van der Waals surface area (Å²) in [6.07, 6.45) is 2.23. The lowest BCUT2D eigenvalue weighted by molar-refractivity contribution is -0.138. The minimum atomic E-state index is -0.716. The Morgan fingerprint density at radius 3 is 2.38 bits per heavy atom. The van der Waals surface area contributed by atoms with Crippen molar-refractivity contribution in [3.63, 3.8) is 0 Å². The lowest BCUT2D eigenvalue weighted by Gasteiger charge is -2.29. The third kappa shape index (κ3) is 5.16. The van der Waals surface area contributed by atoms with Crippen LogP contribution in [0, 0.1) is 0 Å². The quantitative estimate of drug-likeness (QED) is 0.714. The van der Waals surface area contributed by atoms with Crippen molar-refractivity contribution in [3.8, 4) is 0 Å². The summed E-state index contributed by atoms with van der Waals surface area (Å²) in [5, 5.41) is 8.71. The number of hydrogen-bond acceptors (Lipinski definition) is 3. The molecule has 0 aliphatic heterocycles. The summed E-state index contributed by atoms with van der Waals surface area (Å²) < 4.78 is 0. The summed E-state index contributed by atoms with van der Waals surface area (Å²) in [6, 6.07) is 0.545. The van der Waals surface area contributed by atoms with Crippen LogP contribution in [-0.4, -0.2) is 47.1 Å². The molecule has 0 aliphatic carbocycles. The van der Waals surface area contributed by atoms with Gasteiger partial charge >= 0.3 is 5.97 Å². The molecule has 4 heteroatoms. The molecule has 0 saturated carbocycles. The van der Waals surface area contributed by atoms with Gasteiger partial charge in [0.15, 0.2) is 0 Å². The molecule has 1 N–H and O–H groups in total. The van der Waals surface area contributed by atoms with E-state index in [0.29, 0.717) is 6.04 Å². The number of carboxylic acids is 1. The number of carboxylic acid groups (broad SMARTS) is 1.